The Morgan fingerprint density at radius 3 is 2.15 bits per heavy atom. The lowest BCUT2D eigenvalue weighted by molar-refractivity contribution is 0.628. The van der Waals surface area contributed by atoms with Crippen molar-refractivity contribution in [2.75, 3.05) is 4.90 Å². The fourth-order valence-corrected chi connectivity index (χ4v) is 6.76. The van der Waals surface area contributed by atoms with Gasteiger partial charge in [-0.05, 0) is 71.0 Å². The van der Waals surface area contributed by atoms with E-state index in [0.717, 1.165) is 38.7 Å². The Balaban J connectivity index is 1.45. The van der Waals surface area contributed by atoms with E-state index in [-0.39, 0.29) is 11.2 Å². The number of hydrogen-bond acceptors (Lipinski definition) is 2. The molecule has 0 aliphatic heterocycles. The number of fused-ring (bicyclic) bond motifs is 8. The first-order valence-electron chi connectivity index (χ1n) is 14.1. The van der Waals surface area contributed by atoms with Crippen molar-refractivity contribution in [3.63, 3.8) is 0 Å². The van der Waals surface area contributed by atoms with Gasteiger partial charge in [0.05, 0.1) is 17.1 Å². The minimum atomic E-state index is -0.278. The number of hydrogen-bond donors (Lipinski definition) is 0. The molecule has 2 nitrogen and oxygen atoms in total. The normalized spacial score (nSPS) is 13.6. The van der Waals surface area contributed by atoms with Crippen LogP contribution in [0.3, 0.4) is 0 Å². The Morgan fingerprint density at radius 2 is 1.32 bits per heavy atom. The van der Waals surface area contributed by atoms with Crippen molar-refractivity contribution in [2.24, 2.45) is 0 Å². The lowest BCUT2D eigenvalue weighted by atomic mass is 9.81. The maximum atomic E-state index is 15.7. The summed E-state index contributed by atoms with van der Waals surface area (Å²) in [6.07, 6.45) is 0. The fourth-order valence-electron chi connectivity index (χ4n) is 6.76. The monoisotopic (exact) mass is 533 g/mol. The number of rotatable bonds is 3. The average Bonchev–Trinajstić information content (AvgIpc) is 3.46. The van der Waals surface area contributed by atoms with Crippen molar-refractivity contribution < 1.29 is 8.81 Å². The van der Waals surface area contributed by atoms with Crippen LogP contribution in [0.1, 0.15) is 30.5 Å². The summed E-state index contributed by atoms with van der Waals surface area (Å²) in [7, 11) is 0. The third kappa shape index (κ3) is 3.42. The van der Waals surface area contributed by atoms with E-state index in [1.165, 1.54) is 39.3 Å². The Morgan fingerprint density at radius 1 is 0.610 bits per heavy atom. The molecule has 8 rings (SSSR count). The highest BCUT2D eigenvalue weighted by atomic mass is 19.1. The fraction of sp³-hybridized carbons (Fsp3) is 0.105. The maximum Gasteiger partial charge on any atom is 0.147 e. The highest BCUT2D eigenvalue weighted by Crippen LogP contribution is 2.54. The van der Waals surface area contributed by atoms with Gasteiger partial charge in [0.15, 0.2) is 0 Å². The molecule has 0 spiro atoms. The third-order valence-electron chi connectivity index (χ3n) is 8.77. The summed E-state index contributed by atoms with van der Waals surface area (Å²) in [5, 5.41) is 4.36. The summed E-state index contributed by atoms with van der Waals surface area (Å²) >= 11 is 0. The highest BCUT2D eigenvalue weighted by Gasteiger charge is 2.38. The van der Waals surface area contributed by atoms with Gasteiger partial charge in [0.1, 0.15) is 17.0 Å². The lowest BCUT2D eigenvalue weighted by Gasteiger charge is -2.30. The molecular weight excluding hydrogens is 505 g/mol. The molecule has 0 radical (unpaired) electrons. The number of aryl methyl sites for hydroxylation is 1. The molecule has 0 fully saturated rings. The molecule has 3 heteroatoms. The molecule has 0 saturated heterocycles. The van der Waals surface area contributed by atoms with E-state index in [4.69, 9.17) is 4.42 Å². The predicted molar refractivity (Wildman–Crippen MR) is 168 cm³/mol. The van der Waals surface area contributed by atoms with Crippen LogP contribution in [-0.2, 0) is 5.41 Å². The predicted octanol–water partition coefficient (Wildman–Crippen LogP) is 11.0. The molecule has 7 aromatic rings. The molecule has 1 aromatic heterocycles. The van der Waals surface area contributed by atoms with Crippen LogP contribution in [0, 0.1) is 12.7 Å². The molecular formula is C38H28FNO. The lowest BCUT2D eigenvalue weighted by Crippen LogP contribution is -2.17. The SMILES string of the molecule is Cc1ccc2c(c1)C(C)(C)c1cc(N(c3ccc4c(c3)oc3ccccc34)c3ccccc3F)c3ccccc3c1-2. The standard InChI is InChI=1S/C38H28FNO/c1-23-16-18-29-30(20-23)38(2,3)31-22-34(25-10-4-5-12-28(25)37(29)31)40(33-14-8-7-13-32(33)39)24-17-19-27-26-11-6-9-15-35(26)41-36(27)21-24/h4-22H,1-3H3. The zero-order valence-electron chi connectivity index (χ0n) is 23.2. The van der Waals surface area contributed by atoms with E-state index < -0.39 is 0 Å². The molecule has 0 N–H and O–H groups in total. The van der Waals surface area contributed by atoms with Crippen molar-refractivity contribution in [1.82, 2.24) is 0 Å². The van der Waals surface area contributed by atoms with Crippen LogP contribution in [0.25, 0.3) is 43.8 Å². The Labute approximate surface area is 238 Å². The number of halogens is 1. The number of nitrogens with zero attached hydrogens (tertiary/aromatic N) is 1. The van der Waals surface area contributed by atoms with Gasteiger partial charge < -0.3 is 9.32 Å². The van der Waals surface area contributed by atoms with Crippen LogP contribution in [0.15, 0.2) is 120 Å². The minimum absolute atomic E-state index is 0.209. The van der Waals surface area contributed by atoms with Crippen LogP contribution in [-0.4, -0.2) is 0 Å². The van der Waals surface area contributed by atoms with Crippen LogP contribution < -0.4 is 4.90 Å². The van der Waals surface area contributed by atoms with Crippen molar-refractivity contribution in [3.05, 3.63) is 138 Å². The zero-order valence-corrected chi connectivity index (χ0v) is 23.2. The molecule has 0 unspecified atom stereocenters. The Kier molecular flexibility index (Phi) is 5.00. The summed E-state index contributed by atoms with van der Waals surface area (Å²) in [6, 6.07) is 38.8. The highest BCUT2D eigenvalue weighted by molar-refractivity contribution is 6.11. The van der Waals surface area contributed by atoms with E-state index in [9.17, 15) is 0 Å². The quantitative estimate of drug-likeness (QED) is 0.225. The largest absolute Gasteiger partial charge is 0.456 e. The maximum absolute atomic E-state index is 15.7. The van der Waals surface area contributed by atoms with Gasteiger partial charge in [-0.3, -0.25) is 0 Å². The molecule has 0 bridgehead atoms. The minimum Gasteiger partial charge on any atom is -0.456 e. The van der Waals surface area contributed by atoms with Crippen LogP contribution in [0.2, 0.25) is 0 Å². The molecule has 1 heterocycles. The van der Waals surface area contributed by atoms with Gasteiger partial charge in [-0.2, -0.15) is 0 Å². The van der Waals surface area contributed by atoms with E-state index in [1.54, 1.807) is 6.07 Å². The first kappa shape index (κ1) is 24.0. The van der Waals surface area contributed by atoms with Crippen LogP contribution in [0.5, 0.6) is 0 Å². The van der Waals surface area contributed by atoms with Crippen molar-refractivity contribution in [2.45, 2.75) is 26.2 Å². The molecule has 198 valence electrons. The Bertz CT molecular complexity index is 2170. The number of benzene rings is 6. The topological polar surface area (TPSA) is 16.4 Å². The van der Waals surface area contributed by atoms with Gasteiger partial charge in [-0.15, -0.1) is 0 Å². The molecule has 0 atom stereocenters. The van der Waals surface area contributed by atoms with E-state index in [0.29, 0.717) is 5.69 Å². The van der Waals surface area contributed by atoms with Crippen LogP contribution in [0.4, 0.5) is 21.5 Å². The zero-order chi connectivity index (χ0) is 27.9. The molecule has 41 heavy (non-hydrogen) atoms. The van der Waals surface area contributed by atoms with Gasteiger partial charge >= 0.3 is 0 Å². The first-order valence-corrected chi connectivity index (χ1v) is 14.1. The van der Waals surface area contributed by atoms with Crippen molar-refractivity contribution in [3.8, 4) is 11.1 Å². The molecule has 1 aliphatic carbocycles. The van der Waals surface area contributed by atoms with Crippen molar-refractivity contribution in [1.29, 1.82) is 0 Å². The van der Waals surface area contributed by atoms with Gasteiger partial charge in [0.2, 0.25) is 0 Å². The summed E-state index contributed by atoms with van der Waals surface area (Å²) < 4.78 is 22.0. The summed E-state index contributed by atoms with van der Waals surface area (Å²) in [4.78, 5) is 2.05. The van der Waals surface area contributed by atoms with Gasteiger partial charge in [-0.1, -0.05) is 92.2 Å². The summed E-state index contributed by atoms with van der Waals surface area (Å²) in [6.45, 7) is 6.74. The second-order valence-corrected chi connectivity index (χ2v) is 11.6. The van der Waals surface area contributed by atoms with Gasteiger partial charge in [0, 0.05) is 27.6 Å². The van der Waals surface area contributed by atoms with Gasteiger partial charge in [0.25, 0.3) is 0 Å². The second-order valence-electron chi connectivity index (χ2n) is 11.6. The third-order valence-corrected chi connectivity index (χ3v) is 8.77. The van der Waals surface area contributed by atoms with E-state index >= 15 is 4.39 Å². The summed E-state index contributed by atoms with van der Waals surface area (Å²) in [5.41, 5.74) is 10.1. The van der Waals surface area contributed by atoms with Crippen molar-refractivity contribution >= 4 is 49.8 Å². The first-order chi connectivity index (χ1) is 19.9. The Hall–Kier alpha value is -4.89. The smallest absolute Gasteiger partial charge is 0.147 e. The number of furan rings is 1. The van der Waals surface area contributed by atoms with E-state index in [2.05, 4.69) is 92.4 Å². The number of anilines is 3. The number of para-hydroxylation sites is 2. The van der Waals surface area contributed by atoms with E-state index in [1.807, 2.05) is 36.4 Å². The molecule has 0 amide bonds. The van der Waals surface area contributed by atoms with Crippen LogP contribution >= 0.6 is 0 Å². The molecule has 6 aromatic carbocycles. The average molecular weight is 534 g/mol. The van der Waals surface area contributed by atoms with Gasteiger partial charge in [-0.25, -0.2) is 4.39 Å². The second kappa shape index (κ2) is 8.55. The molecule has 0 saturated carbocycles. The molecule has 1 aliphatic rings. The summed E-state index contributed by atoms with van der Waals surface area (Å²) in [5.74, 6) is -0.278.